The molecule has 3 rings (SSSR count). The van der Waals surface area contributed by atoms with E-state index in [2.05, 4.69) is 4.72 Å². The molecule has 28 heavy (non-hydrogen) atoms. The molecule has 0 spiro atoms. The lowest BCUT2D eigenvalue weighted by atomic mass is 9.92. The first-order valence-corrected chi connectivity index (χ1v) is 11.4. The molecule has 1 aromatic carbocycles. The zero-order valence-electron chi connectivity index (χ0n) is 16.5. The predicted molar refractivity (Wildman–Crippen MR) is 108 cm³/mol. The van der Waals surface area contributed by atoms with Gasteiger partial charge in [0.1, 0.15) is 11.8 Å². The maximum absolute atomic E-state index is 12.8. The van der Waals surface area contributed by atoms with Crippen molar-refractivity contribution in [3.8, 4) is 5.75 Å². The highest BCUT2D eigenvalue weighted by atomic mass is 32.2. The molecule has 154 valence electrons. The molecule has 0 saturated heterocycles. The van der Waals surface area contributed by atoms with Crippen LogP contribution in [-0.2, 0) is 14.8 Å². The largest absolute Gasteiger partial charge is 0.488 e. The number of likely N-dealkylation sites (N-methyl/N-ethyl adjacent to an activating group) is 1. The van der Waals surface area contributed by atoms with E-state index < -0.39 is 16.1 Å². The first kappa shape index (κ1) is 20.7. The average molecular weight is 409 g/mol. The number of rotatable bonds is 5. The first-order valence-electron chi connectivity index (χ1n) is 9.51. The molecule has 0 aromatic heterocycles. The molecule has 1 unspecified atom stereocenters. The van der Waals surface area contributed by atoms with Crippen LogP contribution < -0.4 is 9.46 Å². The standard InChI is InChI=1S/C20H28N2O5S/c1-13-11-18(24)19(22(2)12-13)16-5-4-6-17(21-28(3,25)26)20(16)27-15-9-7-14(23)8-10-15/h4-6,12,14-15,19,21,23H,7-11H2,1-3H3. The third-order valence-corrected chi connectivity index (χ3v) is 5.74. The van der Waals surface area contributed by atoms with Gasteiger partial charge in [-0.2, -0.15) is 0 Å². The number of hydrogen-bond acceptors (Lipinski definition) is 6. The number of anilines is 1. The Morgan fingerprint density at radius 1 is 1.21 bits per heavy atom. The lowest BCUT2D eigenvalue weighted by Crippen LogP contribution is -2.33. The Bertz CT molecular complexity index is 873. The van der Waals surface area contributed by atoms with Crippen LogP contribution in [0.25, 0.3) is 0 Å². The SMILES string of the molecule is CC1=CN(C)C(c2cccc(NS(C)(=O)=O)c2OC2CCC(O)CC2)C(=O)C1. The smallest absolute Gasteiger partial charge is 0.229 e. The highest BCUT2D eigenvalue weighted by Crippen LogP contribution is 2.40. The third-order valence-electron chi connectivity index (χ3n) is 5.15. The minimum Gasteiger partial charge on any atom is -0.488 e. The number of benzene rings is 1. The number of ketones is 1. The zero-order valence-corrected chi connectivity index (χ0v) is 17.3. The van der Waals surface area contributed by atoms with Crippen LogP contribution in [0, 0.1) is 0 Å². The van der Waals surface area contributed by atoms with Gasteiger partial charge < -0.3 is 14.7 Å². The van der Waals surface area contributed by atoms with Crippen LogP contribution in [0.3, 0.4) is 0 Å². The summed E-state index contributed by atoms with van der Waals surface area (Å²) in [6, 6.07) is 4.65. The Morgan fingerprint density at radius 3 is 2.50 bits per heavy atom. The van der Waals surface area contributed by atoms with Crippen molar-refractivity contribution in [2.24, 2.45) is 0 Å². The number of carbonyl (C=O) groups is 1. The number of aliphatic hydroxyl groups is 1. The molecule has 1 atom stereocenters. The van der Waals surface area contributed by atoms with Crippen molar-refractivity contribution in [2.45, 2.75) is 57.3 Å². The van der Waals surface area contributed by atoms with E-state index in [1.165, 1.54) is 0 Å². The van der Waals surface area contributed by atoms with Gasteiger partial charge in [0.15, 0.2) is 5.78 Å². The summed E-state index contributed by atoms with van der Waals surface area (Å²) in [7, 11) is -1.68. The number of aliphatic hydroxyl groups excluding tert-OH is 1. The third kappa shape index (κ3) is 4.86. The summed E-state index contributed by atoms with van der Waals surface area (Å²) in [5, 5.41) is 9.75. The van der Waals surface area contributed by atoms with Gasteiger partial charge in [-0.25, -0.2) is 8.42 Å². The Labute approximate surface area is 166 Å². The van der Waals surface area contributed by atoms with E-state index in [0.717, 1.165) is 11.8 Å². The molecule has 2 N–H and O–H groups in total. The molecule has 1 aliphatic carbocycles. The molecule has 0 bridgehead atoms. The fourth-order valence-electron chi connectivity index (χ4n) is 3.97. The van der Waals surface area contributed by atoms with Crippen LogP contribution in [0.1, 0.15) is 50.6 Å². The van der Waals surface area contributed by atoms with Crippen LogP contribution in [0.5, 0.6) is 5.75 Å². The van der Waals surface area contributed by atoms with E-state index in [1.54, 1.807) is 12.1 Å². The highest BCUT2D eigenvalue weighted by molar-refractivity contribution is 7.92. The van der Waals surface area contributed by atoms with E-state index in [0.29, 0.717) is 49.1 Å². The minimum absolute atomic E-state index is 0.0444. The summed E-state index contributed by atoms with van der Waals surface area (Å²) in [5.41, 5.74) is 1.97. The van der Waals surface area contributed by atoms with Crippen molar-refractivity contribution in [2.75, 3.05) is 18.0 Å². The number of para-hydroxylation sites is 1. The molecule has 1 saturated carbocycles. The normalized spacial score (nSPS) is 26.0. The van der Waals surface area contributed by atoms with Crippen molar-refractivity contribution < 1.29 is 23.1 Å². The van der Waals surface area contributed by atoms with Gasteiger partial charge in [-0.3, -0.25) is 9.52 Å². The number of nitrogens with one attached hydrogen (secondary N) is 1. The fourth-order valence-corrected chi connectivity index (χ4v) is 4.53. The topological polar surface area (TPSA) is 95.9 Å². The van der Waals surface area contributed by atoms with E-state index in [-0.39, 0.29) is 18.0 Å². The number of sulfonamides is 1. The van der Waals surface area contributed by atoms with E-state index >= 15 is 0 Å². The molecule has 1 aromatic rings. The zero-order chi connectivity index (χ0) is 20.5. The Hall–Kier alpha value is -2.06. The molecule has 8 heteroatoms. The van der Waals surface area contributed by atoms with Crippen LogP contribution in [0.4, 0.5) is 5.69 Å². The van der Waals surface area contributed by atoms with Gasteiger partial charge in [0.25, 0.3) is 0 Å². The number of nitrogens with zero attached hydrogens (tertiary/aromatic N) is 1. The maximum atomic E-state index is 12.8. The molecule has 7 nitrogen and oxygen atoms in total. The Kier molecular flexibility index (Phi) is 6.00. The van der Waals surface area contributed by atoms with Gasteiger partial charge in [-0.05, 0) is 50.4 Å². The summed E-state index contributed by atoms with van der Waals surface area (Å²) in [6.45, 7) is 1.91. The predicted octanol–water partition coefficient (Wildman–Crippen LogP) is 2.59. The Morgan fingerprint density at radius 2 is 1.89 bits per heavy atom. The summed E-state index contributed by atoms with van der Waals surface area (Å²) in [5.74, 6) is 0.440. The number of ether oxygens (including phenoxy) is 1. The number of carbonyl (C=O) groups excluding carboxylic acids is 1. The van der Waals surface area contributed by atoms with Crippen molar-refractivity contribution >= 4 is 21.5 Å². The molecule has 1 aliphatic heterocycles. The number of hydrogen-bond donors (Lipinski definition) is 2. The fraction of sp³-hybridized carbons (Fsp3) is 0.550. The van der Waals surface area contributed by atoms with E-state index in [4.69, 9.17) is 4.74 Å². The van der Waals surface area contributed by atoms with E-state index in [1.807, 2.05) is 31.1 Å². The van der Waals surface area contributed by atoms with Crippen LogP contribution in [0.2, 0.25) is 0 Å². The monoisotopic (exact) mass is 408 g/mol. The number of allylic oxidation sites excluding steroid dienone is 1. The number of Topliss-reactive ketones (excluding diaryl/α,β-unsaturated/α-hetero) is 1. The summed E-state index contributed by atoms with van der Waals surface area (Å²) in [6.07, 6.45) is 5.58. The van der Waals surface area contributed by atoms with E-state index in [9.17, 15) is 18.3 Å². The molecular formula is C20H28N2O5S. The van der Waals surface area contributed by atoms with Crippen molar-refractivity contribution in [1.29, 1.82) is 0 Å². The summed E-state index contributed by atoms with van der Waals surface area (Å²) < 4.78 is 32.5. The highest BCUT2D eigenvalue weighted by Gasteiger charge is 2.32. The molecule has 1 fully saturated rings. The maximum Gasteiger partial charge on any atom is 0.229 e. The summed E-state index contributed by atoms with van der Waals surface area (Å²) in [4.78, 5) is 14.6. The van der Waals surface area contributed by atoms with Crippen molar-refractivity contribution in [3.63, 3.8) is 0 Å². The lowest BCUT2D eigenvalue weighted by Gasteiger charge is -2.34. The minimum atomic E-state index is -3.51. The molecule has 0 amide bonds. The van der Waals surface area contributed by atoms with Gasteiger partial charge in [0.2, 0.25) is 10.0 Å². The average Bonchev–Trinajstić information content (AvgIpc) is 2.57. The van der Waals surface area contributed by atoms with Crippen LogP contribution in [-0.4, -0.2) is 49.7 Å². The Balaban J connectivity index is 2.01. The van der Waals surface area contributed by atoms with Gasteiger partial charge in [0.05, 0.1) is 24.2 Å². The first-order chi connectivity index (χ1) is 13.1. The second-order valence-electron chi connectivity index (χ2n) is 7.83. The molecule has 0 radical (unpaired) electrons. The van der Waals surface area contributed by atoms with Gasteiger partial charge in [-0.1, -0.05) is 12.1 Å². The van der Waals surface area contributed by atoms with Crippen LogP contribution in [0.15, 0.2) is 30.0 Å². The quantitative estimate of drug-likeness (QED) is 0.777. The lowest BCUT2D eigenvalue weighted by molar-refractivity contribution is -0.123. The van der Waals surface area contributed by atoms with Crippen molar-refractivity contribution in [3.05, 3.63) is 35.5 Å². The second kappa shape index (κ2) is 8.13. The second-order valence-corrected chi connectivity index (χ2v) is 9.58. The van der Waals surface area contributed by atoms with Crippen molar-refractivity contribution in [1.82, 2.24) is 4.90 Å². The molecule has 2 aliphatic rings. The molecule has 1 heterocycles. The van der Waals surface area contributed by atoms with Gasteiger partial charge in [-0.15, -0.1) is 0 Å². The summed E-state index contributed by atoms with van der Waals surface area (Å²) >= 11 is 0. The van der Waals surface area contributed by atoms with Crippen LogP contribution >= 0.6 is 0 Å². The molecular weight excluding hydrogens is 380 g/mol. The van der Waals surface area contributed by atoms with Gasteiger partial charge >= 0.3 is 0 Å². The van der Waals surface area contributed by atoms with Gasteiger partial charge in [0, 0.05) is 19.0 Å².